The first kappa shape index (κ1) is 11.0. The lowest BCUT2D eigenvalue weighted by Crippen LogP contribution is -2.45. The van der Waals surface area contributed by atoms with Crippen LogP contribution < -0.4 is 9.80 Å². The van der Waals surface area contributed by atoms with E-state index in [9.17, 15) is 4.79 Å². The quantitative estimate of drug-likeness (QED) is 0.759. The van der Waals surface area contributed by atoms with Crippen molar-refractivity contribution < 1.29 is 4.79 Å². The summed E-state index contributed by atoms with van der Waals surface area (Å²) in [5.41, 5.74) is 2.18. The summed E-state index contributed by atoms with van der Waals surface area (Å²) in [5, 5.41) is 0. The molecule has 86 valence electrons. The van der Waals surface area contributed by atoms with Gasteiger partial charge in [-0.25, -0.2) is 0 Å². The number of hydrogen-bond donors (Lipinski definition) is 0. The Morgan fingerprint density at radius 3 is 2.50 bits per heavy atom. The first-order valence-electron chi connectivity index (χ1n) is 5.70. The molecule has 0 aromatic heterocycles. The summed E-state index contributed by atoms with van der Waals surface area (Å²) in [7, 11) is 1.84. The van der Waals surface area contributed by atoms with Gasteiger partial charge < -0.3 is 9.80 Å². The number of hydrogen-bond acceptors (Lipinski definition) is 2. The molecule has 1 aromatic rings. The van der Waals surface area contributed by atoms with Gasteiger partial charge in [-0.3, -0.25) is 4.79 Å². The van der Waals surface area contributed by atoms with Crippen molar-refractivity contribution in [1.82, 2.24) is 0 Å². The Hall–Kier alpha value is -1.51. The highest BCUT2D eigenvalue weighted by Gasteiger charge is 2.26. The second kappa shape index (κ2) is 4.16. The third kappa shape index (κ3) is 1.90. The minimum absolute atomic E-state index is 0.166. The van der Waals surface area contributed by atoms with E-state index < -0.39 is 0 Å². The maximum absolute atomic E-state index is 11.8. The summed E-state index contributed by atoms with van der Waals surface area (Å²) in [5.74, 6) is 0.726. The van der Waals surface area contributed by atoms with Crippen molar-refractivity contribution >= 4 is 17.3 Å². The molecule has 1 heterocycles. The number of fused-ring (bicyclic) bond motifs is 1. The van der Waals surface area contributed by atoms with Crippen LogP contribution in [-0.4, -0.2) is 26.0 Å². The van der Waals surface area contributed by atoms with Crippen LogP contribution in [0.3, 0.4) is 0 Å². The van der Waals surface area contributed by atoms with Gasteiger partial charge in [-0.05, 0) is 18.1 Å². The summed E-state index contributed by atoms with van der Waals surface area (Å²) >= 11 is 0. The lowest BCUT2D eigenvalue weighted by Gasteiger charge is -2.36. The van der Waals surface area contributed by atoms with Crippen LogP contribution in [0.1, 0.15) is 13.8 Å². The molecule has 3 heteroatoms. The third-order valence-corrected chi connectivity index (χ3v) is 2.87. The molecule has 0 fully saturated rings. The van der Waals surface area contributed by atoms with E-state index in [1.54, 1.807) is 4.90 Å². The monoisotopic (exact) mass is 218 g/mol. The van der Waals surface area contributed by atoms with Gasteiger partial charge in [-0.15, -0.1) is 0 Å². The summed E-state index contributed by atoms with van der Waals surface area (Å²) < 4.78 is 0. The third-order valence-electron chi connectivity index (χ3n) is 2.87. The summed E-state index contributed by atoms with van der Waals surface area (Å²) in [4.78, 5) is 15.7. The van der Waals surface area contributed by atoms with Crippen molar-refractivity contribution in [2.45, 2.75) is 13.8 Å². The molecule has 2 rings (SSSR count). The van der Waals surface area contributed by atoms with E-state index in [1.165, 1.54) is 5.69 Å². The minimum atomic E-state index is 0.166. The molecule has 1 aromatic carbocycles. The van der Waals surface area contributed by atoms with Crippen molar-refractivity contribution in [2.24, 2.45) is 5.92 Å². The molecule has 0 spiro atoms. The average Bonchev–Trinajstić information content (AvgIpc) is 2.25. The Labute approximate surface area is 96.7 Å². The number of anilines is 2. The normalized spacial score (nSPS) is 15.6. The van der Waals surface area contributed by atoms with Crippen LogP contribution in [0.5, 0.6) is 0 Å². The van der Waals surface area contributed by atoms with E-state index in [-0.39, 0.29) is 5.91 Å². The van der Waals surface area contributed by atoms with E-state index in [1.807, 2.05) is 25.2 Å². The molecule has 0 aliphatic carbocycles. The van der Waals surface area contributed by atoms with Gasteiger partial charge in [0.1, 0.15) is 0 Å². The van der Waals surface area contributed by atoms with Crippen LogP contribution in [0.15, 0.2) is 24.3 Å². The van der Waals surface area contributed by atoms with Crippen LogP contribution in [0.4, 0.5) is 11.4 Å². The van der Waals surface area contributed by atoms with Crippen molar-refractivity contribution in [3.63, 3.8) is 0 Å². The first-order chi connectivity index (χ1) is 7.59. The molecule has 0 saturated heterocycles. The SMILES string of the molecule is CC(C)CN1CC(=O)N(C)c2ccccc21. The Kier molecular flexibility index (Phi) is 2.86. The van der Waals surface area contributed by atoms with Gasteiger partial charge in [0, 0.05) is 13.6 Å². The molecule has 1 aliphatic heterocycles. The summed E-state index contributed by atoms with van der Waals surface area (Å²) in [6.07, 6.45) is 0. The lowest BCUT2D eigenvalue weighted by molar-refractivity contribution is -0.117. The van der Waals surface area contributed by atoms with E-state index in [0.29, 0.717) is 12.5 Å². The Bertz CT molecular complexity index is 401. The molecule has 1 aliphatic rings. The summed E-state index contributed by atoms with van der Waals surface area (Å²) in [6.45, 7) is 5.76. The highest BCUT2D eigenvalue weighted by Crippen LogP contribution is 2.32. The van der Waals surface area contributed by atoms with E-state index in [2.05, 4.69) is 24.8 Å². The lowest BCUT2D eigenvalue weighted by atomic mass is 10.1. The number of likely N-dealkylation sites (N-methyl/N-ethyl adjacent to an activating group) is 1. The zero-order valence-electron chi connectivity index (χ0n) is 10.1. The van der Waals surface area contributed by atoms with Gasteiger partial charge in [-0.2, -0.15) is 0 Å². The largest absolute Gasteiger partial charge is 0.360 e. The molecule has 0 atom stereocenters. The van der Waals surface area contributed by atoms with Gasteiger partial charge in [0.15, 0.2) is 0 Å². The predicted octanol–water partition coefficient (Wildman–Crippen LogP) is 2.13. The van der Waals surface area contributed by atoms with Gasteiger partial charge in [0.2, 0.25) is 5.91 Å². The molecule has 3 nitrogen and oxygen atoms in total. The van der Waals surface area contributed by atoms with Crippen LogP contribution in [0.2, 0.25) is 0 Å². The number of rotatable bonds is 2. The zero-order valence-corrected chi connectivity index (χ0v) is 10.1. The van der Waals surface area contributed by atoms with Gasteiger partial charge in [0.05, 0.1) is 17.9 Å². The molecule has 0 radical (unpaired) electrons. The fourth-order valence-electron chi connectivity index (χ4n) is 2.11. The molecule has 0 bridgehead atoms. The number of nitrogens with zero attached hydrogens (tertiary/aromatic N) is 2. The van der Waals surface area contributed by atoms with Crippen LogP contribution in [0.25, 0.3) is 0 Å². The Morgan fingerprint density at radius 1 is 1.25 bits per heavy atom. The fourth-order valence-corrected chi connectivity index (χ4v) is 2.11. The standard InChI is InChI=1S/C13H18N2O/c1-10(2)8-15-9-13(16)14(3)11-6-4-5-7-12(11)15/h4-7,10H,8-9H2,1-3H3. The predicted molar refractivity (Wildman–Crippen MR) is 66.9 cm³/mol. The van der Waals surface area contributed by atoms with Crippen LogP contribution >= 0.6 is 0 Å². The minimum Gasteiger partial charge on any atom is -0.360 e. The van der Waals surface area contributed by atoms with Crippen LogP contribution in [0, 0.1) is 5.92 Å². The number of carbonyl (C=O) groups excluding carboxylic acids is 1. The molecule has 16 heavy (non-hydrogen) atoms. The number of amides is 1. The van der Waals surface area contributed by atoms with Crippen molar-refractivity contribution in [1.29, 1.82) is 0 Å². The molecule has 0 unspecified atom stereocenters. The Morgan fingerprint density at radius 2 is 1.88 bits per heavy atom. The smallest absolute Gasteiger partial charge is 0.246 e. The highest BCUT2D eigenvalue weighted by molar-refractivity contribution is 6.02. The van der Waals surface area contributed by atoms with Gasteiger partial charge in [-0.1, -0.05) is 26.0 Å². The van der Waals surface area contributed by atoms with Gasteiger partial charge >= 0.3 is 0 Å². The Balaban J connectivity index is 2.37. The molecule has 0 N–H and O–H groups in total. The zero-order chi connectivity index (χ0) is 11.7. The number of para-hydroxylation sites is 2. The van der Waals surface area contributed by atoms with Crippen molar-refractivity contribution in [2.75, 3.05) is 29.9 Å². The van der Waals surface area contributed by atoms with E-state index in [0.717, 1.165) is 12.2 Å². The topological polar surface area (TPSA) is 23.6 Å². The molecular formula is C13H18N2O. The second-order valence-corrected chi connectivity index (χ2v) is 4.72. The highest BCUT2D eigenvalue weighted by atomic mass is 16.2. The van der Waals surface area contributed by atoms with Gasteiger partial charge in [0.25, 0.3) is 0 Å². The summed E-state index contributed by atoms with van der Waals surface area (Å²) in [6, 6.07) is 8.08. The maximum Gasteiger partial charge on any atom is 0.246 e. The van der Waals surface area contributed by atoms with Crippen LogP contribution in [-0.2, 0) is 4.79 Å². The van der Waals surface area contributed by atoms with E-state index in [4.69, 9.17) is 0 Å². The number of carbonyl (C=O) groups is 1. The average molecular weight is 218 g/mol. The van der Waals surface area contributed by atoms with E-state index >= 15 is 0 Å². The molecule has 1 amide bonds. The van der Waals surface area contributed by atoms with Crippen molar-refractivity contribution in [3.05, 3.63) is 24.3 Å². The fraction of sp³-hybridized carbons (Fsp3) is 0.462. The first-order valence-corrected chi connectivity index (χ1v) is 5.70. The maximum atomic E-state index is 11.8. The molecular weight excluding hydrogens is 200 g/mol. The number of benzene rings is 1. The second-order valence-electron chi connectivity index (χ2n) is 4.72. The van der Waals surface area contributed by atoms with Crippen molar-refractivity contribution in [3.8, 4) is 0 Å². The molecule has 0 saturated carbocycles.